The minimum atomic E-state index is -0.121. The maximum atomic E-state index is 9.08. The molecule has 1 saturated carbocycles. The van der Waals surface area contributed by atoms with Gasteiger partial charge in [-0.2, -0.15) is 0 Å². The van der Waals surface area contributed by atoms with Crippen LogP contribution in [-0.2, 0) is 0 Å². The molecule has 0 radical (unpaired) electrons. The number of aliphatic hydroxyl groups is 1. The Kier molecular flexibility index (Phi) is 2.51. The van der Waals surface area contributed by atoms with Crippen molar-refractivity contribution in [2.75, 3.05) is 5.32 Å². The molecule has 0 saturated heterocycles. The molecule has 2 N–H and O–H groups in total. The zero-order valence-electron chi connectivity index (χ0n) is 7.07. The van der Waals surface area contributed by atoms with Crippen LogP contribution in [0.4, 0.5) is 5.82 Å². The first-order chi connectivity index (χ1) is 6.24. The molecule has 0 bridgehead atoms. The van der Waals surface area contributed by atoms with Crippen molar-refractivity contribution in [3.63, 3.8) is 0 Å². The Morgan fingerprint density at radius 3 is 2.85 bits per heavy atom. The average Bonchev–Trinajstić information content (AvgIpc) is 2.01. The molecule has 1 fully saturated rings. The second-order valence-corrected chi connectivity index (χ2v) is 4.12. The normalized spacial score (nSPS) is 26.6. The molecule has 1 aliphatic rings. The average molecular weight is 243 g/mol. The summed E-state index contributed by atoms with van der Waals surface area (Å²) in [6.07, 6.45) is 1.53. The Hall–Kier alpha value is -0.610. The third kappa shape index (κ3) is 2.19. The first kappa shape index (κ1) is 8.97. The van der Waals surface area contributed by atoms with E-state index in [9.17, 15) is 0 Å². The molecule has 1 heterocycles. The van der Waals surface area contributed by atoms with Crippen LogP contribution in [0.3, 0.4) is 0 Å². The van der Waals surface area contributed by atoms with Crippen LogP contribution < -0.4 is 5.32 Å². The van der Waals surface area contributed by atoms with Crippen molar-refractivity contribution in [2.24, 2.45) is 0 Å². The number of nitrogens with zero attached hydrogens (tertiary/aromatic N) is 1. The van der Waals surface area contributed by atoms with Crippen LogP contribution in [-0.4, -0.2) is 22.2 Å². The lowest BCUT2D eigenvalue weighted by Crippen LogP contribution is -2.39. The van der Waals surface area contributed by atoms with Gasteiger partial charge in [0.2, 0.25) is 0 Å². The van der Waals surface area contributed by atoms with Gasteiger partial charge in [-0.25, -0.2) is 4.98 Å². The van der Waals surface area contributed by atoms with E-state index in [0.29, 0.717) is 6.04 Å². The van der Waals surface area contributed by atoms with E-state index in [4.69, 9.17) is 5.11 Å². The summed E-state index contributed by atoms with van der Waals surface area (Å²) in [7, 11) is 0. The fourth-order valence-electron chi connectivity index (χ4n) is 1.40. The number of pyridine rings is 1. The van der Waals surface area contributed by atoms with E-state index in [-0.39, 0.29) is 6.10 Å². The summed E-state index contributed by atoms with van der Waals surface area (Å²) >= 11 is 3.30. The van der Waals surface area contributed by atoms with Crippen molar-refractivity contribution in [3.8, 4) is 0 Å². The van der Waals surface area contributed by atoms with Crippen LogP contribution >= 0.6 is 15.9 Å². The van der Waals surface area contributed by atoms with Crippen molar-refractivity contribution in [1.82, 2.24) is 4.98 Å². The lowest BCUT2D eigenvalue weighted by atomic mass is 9.89. The zero-order chi connectivity index (χ0) is 9.26. The standard InChI is InChI=1S/C9H11BrN2O/c10-8-2-1-3-9(12-8)11-6-4-7(13)5-6/h1-3,6-7,13H,4-5H2,(H,11,12). The largest absolute Gasteiger partial charge is 0.393 e. The van der Waals surface area contributed by atoms with Gasteiger partial charge in [0.15, 0.2) is 0 Å². The van der Waals surface area contributed by atoms with E-state index < -0.39 is 0 Å². The van der Waals surface area contributed by atoms with E-state index in [0.717, 1.165) is 23.3 Å². The maximum Gasteiger partial charge on any atom is 0.127 e. The van der Waals surface area contributed by atoms with Gasteiger partial charge in [0, 0.05) is 6.04 Å². The Morgan fingerprint density at radius 1 is 1.46 bits per heavy atom. The summed E-state index contributed by atoms with van der Waals surface area (Å²) in [5.74, 6) is 0.867. The highest BCUT2D eigenvalue weighted by Gasteiger charge is 2.26. The molecular formula is C9H11BrN2O. The molecule has 0 aromatic carbocycles. The SMILES string of the molecule is OC1CC(Nc2cccc(Br)n2)C1. The number of nitrogens with one attached hydrogen (secondary N) is 1. The van der Waals surface area contributed by atoms with Crippen molar-refractivity contribution in [1.29, 1.82) is 0 Å². The minimum Gasteiger partial charge on any atom is -0.393 e. The summed E-state index contributed by atoms with van der Waals surface area (Å²) < 4.78 is 0.831. The highest BCUT2D eigenvalue weighted by Crippen LogP contribution is 2.23. The van der Waals surface area contributed by atoms with Crippen LogP contribution in [0.15, 0.2) is 22.8 Å². The summed E-state index contributed by atoms with van der Waals surface area (Å²) in [6, 6.07) is 6.14. The number of aromatic nitrogens is 1. The predicted molar refractivity (Wildman–Crippen MR) is 54.6 cm³/mol. The third-order valence-electron chi connectivity index (χ3n) is 2.18. The second-order valence-electron chi connectivity index (χ2n) is 3.31. The van der Waals surface area contributed by atoms with Gasteiger partial charge in [-0.05, 0) is 40.9 Å². The molecule has 1 aliphatic carbocycles. The summed E-state index contributed by atoms with van der Waals surface area (Å²) in [4.78, 5) is 4.24. The van der Waals surface area contributed by atoms with Crippen molar-refractivity contribution in [2.45, 2.75) is 25.0 Å². The Bertz CT molecular complexity index is 299. The number of anilines is 1. The number of hydrogen-bond donors (Lipinski definition) is 2. The quantitative estimate of drug-likeness (QED) is 0.778. The number of rotatable bonds is 2. The fraction of sp³-hybridized carbons (Fsp3) is 0.444. The molecule has 1 aromatic heterocycles. The van der Waals surface area contributed by atoms with Crippen molar-refractivity contribution >= 4 is 21.7 Å². The molecule has 1 aromatic rings. The topological polar surface area (TPSA) is 45.1 Å². The third-order valence-corrected chi connectivity index (χ3v) is 2.62. The van der Waals surface area contributed by atoms with Gasteiger partial charge in [-0.1, -0.05) is 6.07 Å². The highest BCUT2D eigenvalue weighted by atomic mass is 79.9. The van der Waals surface area contributed by atoms with Gasteiger partial charge in [0.25, 0.3) is 0 Å². The van der Waals surface area contributed by atoms with Gasteiger partial charge in [-0.15, -0.1) is 0 Å². The van der Waals surface area contributed by atoms with Gasteiger partial charge in [0.05, 0.1) is 6.10 Å². The van der Waals surface area contributed by atoms with Crippen LogP contribution in [0.25, 0.3) is 0 Å². The van der Waals surface area contributed by atoms with E-state index in [1.54, 1.807) is 0 Å². The first-order valence-corrected chi connectivity index (χ1v) is 5.10. The van der Waals surface area contributed by atoms with E-state index >= 15 is 0 Å². The van der Waals surface area contributed by atoms with Crippen LogP contribution in [0.5, 0.6) is 0 Å². The monoisotopic (exact) mass is 242 g/mol. The molecule has 0 aliphatic heterocycles. The molecule has 0 unspecified atom stereocenters. The van der Waals surface area contributed by atoms with Gasteiger partial charge >= 0.3 is 0 Å². The number of aliphatic hydroxyl groups excluding tert-OH is 1. The number of hydrogen-bond acceptors (Lipinski definition) is 3. The summed E-state index contributed by atoms with van der Waals surface area (Å²) in [6.45, 7) is 0. The molecular weight excluding hydrogens is 232 g/mol. The van der Waals surface area contributed by atoms with Crippen molar-refractivity contribution in [3.05, 3.63) is 22.8 Å². The minimum absolute atomic E-state index is 0.121. The van der Waals surface area contributed by atoms with E-state index in [1.807, 2.05) is 18.2 Å². The van der Waals surface area contributed by atoms with Gasteiger partial charge in [-0.3, -0.25) is 0 Å². The first-order valence-electron chi connectivity index (χ1n) is 4.31. The van der Waals surface area contributed by atoms with E-state index in [2.05, 4.69) is 26.2 Å². The number of halogens is 1. The molecule has 13 heavy (non-hydrogen) atoms. The lowest BCUT2D eigenvalue weighted by molar-refractivity contribution is 0.0835. The van der Waals surface area contributed by atoms with Gasteiger partial charge < -0.3 is 10.4 Å². The van der Waals surface area contributed by atoms with E-state index in [1.165, 1.54) is 0 Å². The smallest absolute Gasteiger partial charge is 0.127 e. The maximum absolute atomic E-state index is 9.08. The summed E-state index contributed by atoms with van der Waals surface area (Å²) in [5, 5.41) is 12.3. The Morgan fingerprint density at radius 2 is 2.23 bits per heavy atom. The van der Waals surface area contributed by atoms with Gasteiger partial charge in [0.1, 0.15) is 10.4 Å². The Labute approximate surface area is 85.3 Å². The lowest BCUT2D eigenvalue weighted by Gasteiger charge is -2.32. The molecule has 0 spiro atoms. The predicted octanol–water partition coefficient (Wildman–Crippen LogP) is 1.78. The summed E-state index contributed by atoms with van der Waals surface area (Å²) in [5.41, 5.74) is 0. The molecule has 4 heteroatoms. The van der Waals surface area contributed by atoms with Crippen LogP contribution in [0.1, 0.15) is 12.8 Å². The molecule has 2 rings (SSSR count). The fourth-order valence-corrected chi connectivity index (χ4v) is 1.75. The molecule has 0 amide bonds. The zero-order valence-corrected chi connectivity index (χ0v) is 8.66. The Balaban J connectivity index is 1.94. The molecule has 70 valence electrons. The second kappa shape index (κ2) is 3.64. The molecule has 3 nitrogen and oxygen atoms in total. The van der Waals surface area contributed by atoms with Crippen LogP contribution in [0.2, 0.25) is 0 Å². The van der Waals surface area contributed by atoms with Crippen molar-refractivity contribution < 1.29 is 5.11 Å². The van der Waals surface area contributed by atoms with Crippen LogP contribution in [0, 0.1) is 0 Å². The molecule has 0 atom stereocenters. The highest BCUT2D eigenvalue weighted by molar-refractivity contribution is 9.10.